The van der Waals surface area contributed by atoms with E-state index in [2.05, 4.69) is 16.8 Å². The summed E-state index contributed by atoms with van der Waals surface area (Å²) in [6.45, 7) is 5.81. The third kappa shape index (κ3) is 2.91. The topological polar surface area (TPSA) is 54.3 Å². The first-order chi connectivity index (χ1) is 10.6. The lowest BCUT2D eigenvalue weighted by Gasteiger charge is -2.19. The minimum Gasteiger partial charge on any atom is -0.347 e. The predicted octanol–water partition coefficient (Wildman–Crippen LogP) is 2.04. The molecule has 0 atom stereocenters. The maximum Gasteiger partial charge on any atom is 0.243 e. The number of hydrogen-bond acceptors (Lipinski definition) is 3. The van der Waals surface area contributed by atoms with Crippen LogP contribution in [0.15, 0.2) is 35.4 Å². The van der Waals surface area contributed by atoms with E-state index in [1.165, 1.54) is 0 Å². The molecule has 0 unspecified atom stereocenters. The van der Waals surface area contributed by atoms with Gasteiger partial charge in [-0.25, -0.2) is 8.42 Å². The van der Waals surface area contributed by atoms with Gasteiger partial charge in [0, 0.05) is 43.3 Å². The van der Waals surface area contributed by atoms with E-state index in [4.69, 9.17) is 0 Å². The lowest BCUT2D eigenvalue weighted by molar-refractivity contribution is 0.432. The summed E-state index contributed by atoms with van der Waals surface area (Å²) in [4.78, 5) is 0.399. The van der Waals surface area contributed by atoms with Gasteiger partial charge in [0.05, 0.1) is 4.90 Å². The van der Waals surface area contributed by atoms with Crippen LogP contribution >= 0.6 is 0 Å². The molecule has 0 aliphatic carbocycles. The Morgan fingerprint density at radius 1 is 1.18 bits per heavy atom. The molecule has 120 valence electrons. The smallest absolute Gasteiger partial charge is 0.243 e. The van der Waals surface area contributed by atoms with E-state index < -0.39 is 10.0 Å². The fourth-order valence-corrected chi connectivity index (χ4v) is 4.50. The van der Waals surface area contributed by atoms with Crippen LogP contribution in [0.2, 0.25) is 0 Å². The Bertz CT molecular complexity index is 744. The molecule has 5 nitrogen and oxygen atoms in total. The minimum absolute atomic E-state index is 0.399. The van der Waals surface area contributed by atoms with Crippen LogP contribution in [-0.2, 0) is 16.6 Å². The zero-order valence-electron chi connectivity index (χ0n) is 13.0. The summed E-state index contributed by atoms with van der Waals surface area (Å²) in [5, 5.41) is 4.23. The summed E-state index contributed by atoms with van der Waals surface area (Å²) in [6.07, 6.45) is 3.94. The van der Waals surface area contributed by atoms with Crippen molar-refractivity contribution in [3.8, 4) is 0 Å². The maximum atomic E-state index is 12.8. The molecule has 0 bridgehead atoms. The molecule has 0 radical (unpaired) electrons. The van der Waals surface area contributed by atoms with Crippen molar-refractivity contribution in [1.82, 2.24) is 14.2 Å². The second-order valence-electron chi connectivity index (χ2n) is 5.74. The number of aromatic nitrogens is 1. The van der Waals surface area contributed by atoms with Crippen molar-refractivity contribution in [3.63, 3.8) is 0 Å². The Hall–Kier alpha value is -1.37. The lowest BCUT2D eigenvalue weighted by atomic mass is 10.2. The van der Waals surface area contributed by atoms with Crippen LogP contribution in [0, 0.1) is 0 Å². The number of fused-ring (bicyclic) bond motifs is 1. The Labute approximate surface area is 132 Å². The molecular weight excluding hydrogens is 298 g/mol. The zero-order valence-corrected chi connectivity index (χ0v) is 13.8. The van der Waals surface area contributed by atoms with Crippen LogP contribution in [0.1, 0.15) is 19.8 Å². The van der Waals surface area contributed by atoms with Crippen molar-refractivity contribution in [2.24, 2.45) is 0 Å². The van der Waals surface area contributed by atoms with Gasteiger partial charge in [-0.3, -0.25) is 0 Å². The van der Waals surface area contributed by atoms with Gasteiger partial charge in [0.25, 0.3) is 0 Å². The molecule has 1 aliphatic heterocycles. The lowest BCUT2D eigenvalue weighted by Crippen LogP contribution is -2.34. The molecule has 3 rings (SSSR count). The zero-order chi connectivity index (χ0) is 15.6. The number of nitrogens with zero attached hydrogens (tertiary/aromatic N) is 2. The van der Waals surface area contributed by atoms with Gasteiger partial charge in [-0.05, 0) is 43.7 Å². The molecule has 0 amide bonds. The van der Waals surface area contributed by atoms with Crippen LogP contribution in [0.4, 0.5) is 0 Å². The van der Waals surface area contributed by atoms with Crippen molar-refractivity contribution in [3.05, 3.63) is 30.5 Å². The Balaban J connectivity index is 1.94. The molecule has 1 aromatic carbocycles. The minimum atomic E-state index is -3.40. The van der Waals surface area contributed by atoms with Gasteiger partial charge in [0.2, 0.25) is 10.0 Å². The maximum absolute atomic E-state index is 12.8. The van der Waals surface area contributed by atoms with E-state index in [1.54, 1.807) is 16.4 Å². The van der Waals surface area contributed by atoms with Crippen molar-refractivity contribution in [2.75, 3.05) is 26.2 Å². The Kier molecular flexibility index (Phi) is 4.52. The average molecular weight is 321 g/mol. The molecule has 0 saturated carbocycles. The van der Waals surface area contributed by atoms with E-state index in [0.29, 0.717) is 24.5 Å². The van der Waals surface area contributed by atoms with E-state index in [1.807, 2.05) is 18.3 Å². The number of hydrogen-bond donors (Lipinski definition) is 1. The molecule has 6 heteroatoms. The van der Waals surface area contributed by atoms with E-state index in [9.17, 15) is 8.42 Å². The summed E-state index contributed by atoms with van der Waals surface area (Å²) in [7, 11) is -3.40. The van der Waals surface area contributed by atoms with Crippen molar-refractivity contribution >= 4 is 20.9 Å². The molecule has 1 fully saturated rings. The third-order valence-corrected chi connectivity index (χ3v) is 6.04. The van der Waals surface area contributed by atoms with Crippen molar-refractivity contribution in [2.45, 2.75) is 31.2 Å². The van der Waals surface area contributed by atoms with E-state index >= 15 is 0 Å². The predicted molar refractivity (Wildman–Crippen MR) is 88.5 cm³/mol. The number of benzene rings is 1. The highest BCUT2D eigenvalue weighted by molar-refractivity contribution is 7.89. The Morgan fingerprint density at radius 3 is 2.86 bits per heavy atom. The average Bonchev–Trinajstić information content (AvgIpc) is 2.74. The first-order valence-corrected chi connectivity index (χ1v) is 9.36. The molecule has 1 aromatic heterocycles. The summed E-state index contributed by atoms with van der Waals surface area (Å²) in [5.41, 5.74) is 1.10. The molecule has 2 aromatic rings. The van der Waals surface area contributed by atoms with Gasteiger partial charge in [-0.2, -0.15) is 4.31 Å². The first kappa shape index (κ1) is 15.5. The highest BCUT2D eigenvalue weighted by Crippen LogP contribution is 2.23. The second-order valence-corrected chi connectivity index (χ2v) is 7.68. The van der Waals surface area contributed by atoms with Crippen molar-refractivity contribution < 1.29 is 8.42 Å². The SMILES string of the molecule is CCCn1ccc2cc(S(=O)(=O)N3CCCNCC3)ccc21. The van der Waals surface area contributed by atoms with Crippen LogP contribution < -0.4 is 5.32 Å². The normalized spacial score (nSPS) is 17.7. The summed E-state index contributed by atoms with van der Waals surface area (Å²) >= 11 is 0. The second kappa shape index (κ2) is 6.40. The number of aryl methyl sites for hydroxylation is 1. The van der Waals surface area contributed by atoms with Gasteiger partial charge < -0.3 is 9.88 Å². The fourth-order valence-electron chi connectivity index (χ4n) is 2.98. The summed E-state index contributed by atoms with van der Waals surface area (Å²) in [5.74, 6) is 0. The molecule has 1 saturated heterocycles. The van der Waals surface area contributed by atoms with Gasteiger partial charge in [-0.15, -0.1) is 0 Å². The number of nitrogens with one attached hydrogen (secondary N) is 1. The van der Waals surface area contributed by atoms with Crippen LogP contribution in [-0.4, -0.2) is 43.5 Å². The van der Waals surface area contributed by atoms with Gasteiger partial charge in [0.1, 0.15) is 0 Å². The quantitative estimate of drug-likeness (QED) is 0.937. The summed E-state index contributed by atoms with van der Waals surface area (Å²) < 4.78 is 29.4. The third-order valence-electron chi connectivity index (χ3n) is 4.14. The van der Waals surface area contributed by atoms with E-state index in [0.717, 1.165) is 36.8 Å². The number of rotatable bonds is 4. The van der Waals surface area contributed by atoms with Gasteiger partial charge in [0.15, 0.2) is 0 Å². The standard InChI is InChI=1S/C16H23N3O2S/c1-2-9-18-11-6-14-13-15(4-5-16(14)18)22(20,21)19-10-3-7-17-8-12-19/h4-6,11,13,17H,2-3,7-10,12H2,1H3. The molecular formula is C16H23N3O2S. The van der Waals surface area contributed by atoms with Crippen molar-refractivity contribution in [1.29, 1.82) is 0 Å². The molecule has 22 heavy (non-hydrogen) atoms. The molecule has 2 heterocycles. The largest absolute Gasteiger partial charge is 0.347 e. The fraction of sp³-hybridized carbons (Fsp3) is 0.500. The first-order valence-electron chi connectivity index (χ1n) is 7.92. The highest BCUT2D eigenvalue weighted by atomic mass is 32.2. The van der Waals surface area contributed by atoms with E-state index in [-0.39, 0.29) is 0 Å². The Morgan fingerprint density at radius 2 is 2.05 bits per heavy atom. The van der Waals surface area contributed by atoms with Gasteiger partial charge in [-0.1, -0.05) is 6.92 Å². The number of sulfonamides is 1. The summed E-state index contributed by atoms with van der Waals surface area (Å²) in [6, 6.07) is 7.46. The van der Waals surface area contributed by atoms with Crippen LogP contribution in [0.5, 0.6) is 0 Å². The highest BCUT2D eigenvalue weighted by Gasteiger charge is 2.25. The van der Waals surface area contributed by atoms with Gasteiger partial charge >= 0.3 is 0 Å². The van der Waals surface area contributed by atoms with Crippen LogP contribution in [0.25, 0.3) is 10.9 Å². The molecule has 1 aliphatic rings. The monoisotopic (exact) mass is 321 g/mol. The molecule has 1 N–H and O–H groups in total. The van der Waals surface area contributed by atoms with Crippen LogP contribution in [0.3, 0.4) is 0 Å². The molecule has 0 spiro atoms.